The van der Waals surface area contributed by atoms with Crippen LogP contribution in [0.25, 0.3) is 0 Å². The zero-order chi connectivity index (χ0) is 13.3. The van der Waals surface area contributed by atoms with Gasteiger partial charge in [-0.3, -0.25) is 0 Å². The van der Waals surface area contributed by atoms with Gasteiger partial charge < -0.3 is 5.73 Å². The first-order valence-corrected chi connectivity index (χ1v) is 6.43. The number of nitrogens with two attached hydrogens (primary N) is 1. The number of aromatic nitrogens is 1. The molecule has 0 saturated carbocycles. The van der Waals surface area contributed by atoms with Crippen molar-refractivity contribution >= 4 is 11.3 Å². The molecule has 0 aliphatic rings. The van der Waals surface area contributed by atoms with Gasteiger partial charge in [0.2, 0.25) is 0 Å². The van der Waals surface area contributed by atoms with Crippen molar-refractivity contribution in [3.05, 3.63) is 51.0 Å². The number of rotatable bonds is 3. The highest BCUT2D eigenvalue weighted by atomic mass is 32.1. The summed E-state index contributed by atoms with van der Waals surface area (Å²) in [5.74, 6) is -1.21. The Hall–Kier alpha value is -1.33. The number of hydrogen-bond acceptors (Lipinski definition) is 3. The number of nitrogens with zero attached hydrogens (tertiary/aromatic N) is 1. The zero-order valence-corrected chi connectivity index (χ0v) is 11.0. The van der Waals surface area contributed by atoms with Crippen LogP contribution in [0.4, 0.5) is 8.78 Å². The van der Waals surface area contributed by atoms with E-state index >= 15 is 0 Å². The minimum Gasteiger partial charge on any atom is -0.323 e. The van der Waals surface area contributed by atoms with Crippen LogP contribution in [0.2, 0.25) is 0 Å². The standard InChI is InChI=1S/C13H14F2N2S/c1-7-8(2)18-12(17-7)6-11(16)13-9(14)4-3-5-10(13)15/h3-5,11H,6,16H2,1-2H3. The second-order valence-electron chi connectivity index (χ2n) is 4.20. The predicted octanol–water partition coefficient (Wildman–Crippen LogP) is 3.28. The number of aryl methyl sites for hydroxylation is 2. The lowest BCUT2D eigenvalue weighted by Crippen LogP contribution is -2.16. The fourth-order valence-electron chi connectivity index (χ4n) is 1.78. The molecule has 0 fully saturated rings. The Bertz CT molecular complexity index is 526. The Kier molecular flexibility index (Phi) is 3.73. The molecule has 1 unspecified atom stereocenters. The molecule has 0 saturated heterocycles. The molecule has 0 spiro atoms. The van der Waals surface area contributed by atoms with Gasteiger partial charge in [-0.15, -0.1) is 11.3 Å². The largest absolute Gasteiger partial charge is 0.323 e. The van der Waals surface area contributed by atoms with E-state index < -0.39 is 17.7 Å². The Labute approximate surface area is 108 Å². The maximum Gasteiger partial charge on any atom is 0.130 e. The quantitative estimate of drug-likeness (QED) is 0.927. The summed E-state index contributed by atoms with van der Waals surface area (Å²) >= 11 is 1.51. The van der Waals surface area contributed by atoms with Gasteiger partial charge in [0.05, 0.1) is 10.7 Å². The van der Waals surface area contributed by atoms with Crippen LogP contribution in [0, 0.1) is 25.5 Å². The average molecular weight is 268 g/mol. The third kappa shape index (κ3) is 2.57. The highest BCUT2D eigenvalue weighted by Gasteiger charge is 2.18. The lowest BCUT2D eigenvalue weighted by Gasteiger charge is -2.12. The molecule has 2 nitrogen and oxygen atoms in total. The highest BCUT2D eigenvalue weighted by molar-refractivity contribution is 7.11. The van der Waals surface area contributed by atoms with E-state index in [1.165, 1.54) is 29.5 Å². The van der Waals surface area contributed by atoms with Gasteiger partial charge in [0.15, 0.2) is 0 Å². The lowest BCUT2D eigenvalue weighted by atomic mass is 10.0. The molecule has 1 atom stereocenters. The number of hydrogen-bond donors (Lipinski definition) is 1. The minimum atomic E-state index is -0.712. The maximum absolute atomic E-state index is 13.6. The third-order valence-electron chi connectivity index (χ3n) is 2.84. The van der Waals surface area contributed by atoms with Crippen molar-refractivity contribution in [3.8, 4) is 0 Å². The summed E-state index contributed by atoms with van der Waals surface area (Å²) in [7, 11) is 0. The van der Waals surface area contributed by atoms with Crippen molar-refractivity contribution in [1.82, 2.24) is 4.98 Å². The lowest BCUT2D eigenvalue weighted by molar-refractivity contribution is 0.524. The molecule has 1 aromatic heterocycles. The first-order valence-electron chi connectivity index (χ1n) is 5.61. The molecule has 1 aromatic carbocycles. The molecule has 2 rings (SSSR count). The Morgan fingerprint density at radius 1 is 1.28 bits per heavy atom. The van der Waals surface area contributed by atoms with Gasteiger partial charge in [-0.2, -0.15) is 0 Å². The van der Waals surface area contributed by atoms with Crippen LogP contribution in [0.3, 0.4) is 0 Å². The highest BCUT2D eigenvalue weighted by Crippen LogP contribution is 2.25. The molecule has 2 N–H and O–H groups in total. The SMILES string of the molecule is Cc1nc(CC(N)c2c(F)cccc2F)sc1C. The van der Waals surface area contributed by atoms with Gasteiger partial charge in [-0.1, -0.05) is 6.07 Å². The van der Waals surface area contributed by atoms with E-state index in [2.05, 4.69) is 4.98 Å². The first kappa shape index (κ1) is 13.1. The van der Waals surface area contributed by atoms with E-state index in [-0.39, 0.29) is 5.56 Å². The van der Waals surface area contributed by atoms with E-state index in [0.29, 0.717) is 6.42 Å². The third-order valence-corrected chi connectivity index (χ3v) is 3.93. The van der Waals surface area contributed by atoms with Crippen molar-refractivity contribution < 1.29 is 8.78 Å². The van der Waals surface area contributed by atoms with Crippen molar-refractivity contribution in [2.75, 3.05) is 0 Å². The fourth-order valence-corrected chi connectivity index (χ4v) is 2.77. The second kappa shape index (κ2) is 5.12. The van der Waals surface area contributed by atoms with Gasteiger partial charge in [0.1, 0.15) is 11.6 Å². The maximum atomic E-state index is 13.6. The van der Waals surface area contributed by atoms with Crippen LogP contribution >= 0.6 is 11.3 Å². The molecule has 2 aromatic rings. The van der Waals surface area contributed by atoms with Crippen LogP contribution in [0.15, 0.2) is 18.2 Å². The van der Waals surface area contributed by atoms with Crippen molar-refractivity contribution in [3.63, 3.8) is 0 Å². The van der Waals surface area contributed by atoms with Gasteiger partial charge in [-0.25, -0.2) is 13.8 Å². The molecule has 0 radical (unpaired) electrons. The summed E-state index contributed by atoms with van der Waals surface area (Å²) in [5, 5.41) is 0.806. The van der Waals surface area contributed by atoms with Gasteiger partial charge in [0, 0.05) is 22.9 Å². The van der Waals surface area contributed by atoms with E-state index in [1.807, 2.05) is 13.8 Å². The molecule has 18 heavy (non-hydrogen) atoms. The fraction of sp³-hybridized carbons (Fsp3) is 0.308. The molecule has 5 heteroatoms. The van der Waals surface area contributed by atoms with Crippen molar-refractivity contribution in [2.45, 2.75) is 26.3 Å². The molecule has 96 valence electrons. The van der Waals surface area contributed by atoms with Crippen LogP contribution in [0.1, 0.15) is 27.2 Å². The van der Waals surface area contributed by atoms with Crippen LogP contribution < -0.4 is 5.73 Å². The summed E-state index contributed by atoms with van der Waals surface area (Å²) in [5.41, 5.74) is 6.75. The molecule has 0 aliphatic carbocycles. The van der Waals surface area contributed by atoms with E-state index in [0.717, 1.165) is 15.6 Å². The summed E-state index contributed by atoms with van der Waals surface area (Å²) in [4.78, 5) is 5.43. The van der Waals surface area contributed by atoms with Crippen molar-refractivity contribution in [1.29, 1.82) is 0 Å². The molecule has 0 bridgehead atoms. The zero-order valence-electron chi connectivity index (χ0n) is 10.2. The summed E-state index contributed by atoms with van der Waals surface area (Å²) in [6.45, 7) is 3.87. The van der Waals surface area contributed by atoms with Crippen LogP contribution in [0.5, 0.6) is 0 Å². The van der Waals surface area contributed by atoms with Gasteiger partial charge >= 0.3 is 0 Å². The minimum absolute atomic E-state index is 0.0667. The first-order chi connectivity index (χ1) is 8.49. The summed E-state index contributed by atoms with van der Waals surface area (Å²) in [6, 6.07) is 3.06. The number of benzene rings is 1. The molecular formula is C13H14F2N2S. The van der Waals surface area contributed by atoms with Gasteiger partial charge in [0.25, 0.3) is 0 Å². The predicted molar refractivity (Wildman–Crippen MR) is 68.6 cm³/mol. The normalized spacial score (nSPS) is 12.7. The summed E-state index contributed by atoms with van der Waals surface area (Å²) in [6.07, 6.45) is 0.344. The van der Waals surface area contributed by atoms with E-state index in [9.17, 15) is 8.78 Å². The monoisotopic (exact) mass is 268 g/mol. The van der Waals surface area contributed by atoms with Crippen molar-refractivity contribution in [2.24, 2.45) is 5.73 Å². The van der Waals surface area contributed by atoms with E-state index in [1.54, 1.807) is 0 Å². The molecular weight excluding hydrogens is 254 g/mol. The Morgan fingerprint density at radius 2 is 1.89 bits per heavy atom. The Balaban J connectivity index is 2.24. The number of thiazole rings is 1. The Morgan fingerprint density at radius 3 is 2.39 bits per heavy atom. The van der Waals surface area contributed by atoms with Gasteiger partial charge in [-0.05, 0) is 26.0 Å². The van der Waals surface area contributed by atoms with Crippen LogP contribution in [-0.2, 0) is 6.42 Å². The number of halogens is 2. The van der Waals surface area contributed by atoms with Crippen LogP contribution in [-0.4, -0.2) is 4.98 Å². The second-order valence-corrected chi connectivity index (χ2v) is 5.48. The molecule has 0 amide bonds. The van der Waals surface area contributed by atoms with E-state index in [4.69, 9.17) is 5.73 Å². The smallest absolute Gasteiger partial charge is 0.130 e. The summed E-state index contributed by atoms with van der Waals surface area (Å²) < 4.78 is 27.1. The molecule has 1 heterocycles. The molecule has 0 aliphatic heterocycles. The topological polar surface area (TPSA) is 38.9 Å². The average Bonchev–Trinajstić information content (AvgIpc) is 2.57.